The molecule has 0 spiro atoms. The van der Waals surface area contributed by atoms with E-state index in [0.717, 1.165) is 18.4 Å². The summed E-state index contributed by atoms with van der Waals surface area (Å²) in [5, 5.41) is 0. The van der Waals surface area contributed by atoms with Gasteiger partial charge in [-0.3, -0.25) is 9.59 Å². The van der Waals surface area contributed by atoms with Crippen molar-refractivity contribution in [1.82, 2.24) is 0 Å². The Bertz CT molecular complexity index is 593. The van der Waals surface area contributed by atoms with Crippen molar-refractivity contribution in [2.24, 2.45) is 5.41 Å². The second-order valence-electron chi connectivity index (χ2n) is 8.48. The minimum absolute atomic E-state index is 0.274. The SMILES string of the molecule is CCCCCCCCCCCCOC(=O)C(CC)(CC)C(=O)OCCc1ccccc1. The molecule has 0 unspecified atom stereocenters. The van der Waals surface area contributed by atoms with Gasteiger partial charge in [-0.05, 0) is 24.8 Å². The molecule has 31 heavy (non-hydrogen) atoms. The zero-order valence-electron chi connectivity index (χ0n) is 20.1. The lowest BCUT2D eigenvalue weighted by Gasteiger charge is -2.27. The molecule has 0 aliphatic heterocycles. The van der Waals surface area contributed by atoms with E-state index in [1.54, 1.807) is 0 Å². The molecule has 176 valence electrons. The maximum atomic E-state index is 12.7. The van der Waals surface area contributed by atoms with Gasteiger partial charge >= 0.3 is 11.9 Å². The molecule has 4 nitrogen and oxygen atoms in total. The molecule has 4 heteroatoms. The Hall–Kier alpha value is -1.84. The molecule has 0 atom stereocenters. The van der Waals surface area contributed by atoms with Gasteiger partial charge in [0.25, 0.3) is 0 Å². The van der Waals surface area contributed by atoms with Crippen molar-refractivity contribution >= 4 is 11.9 Å². The van der Waals surface area contributed by atoms with Crippen molar-refractivity contribution in [3.05, 3.63) is 35.9 Å². The molecule has 0 heterocycles. The third kappa shape index (κ3) is 10.3. The molecule has 0 saturated carbocycles. The predicted octanol–water partition coefficient (Wildman–Crippen LogP) is 7.04. The van der Waals surface area contributed by atoms with Crippen molar-refractivity contribution in [2.75, 3.05) is 13.2 Å². The van der Waals surface area contributed by atoms with E-state index in [0.29, 0.717) is 25.9 Å². The number of carbonyl (C=O) groups is 2. The van der Waals surface area contributed by atoms with Gasteiger partial charge in [0.1, 0.15) is 0 Å². The molecule has 1 aromatic carbocycles. The fraction of sp³-hybridized carbons (Fsp3) is 0.704. The lowest BCUT2D eigenvalue weighted by Crippen LogP contribution is -2.41. The summed E-state index contributed by atoms with van der Waals surface area (Å²) >= 11 is 0. The van der Waals surface area contributed by atoms with Crippen LogP contribution in [0, 0.1) is 5.41 Å². The van der Waals surface area contributed by atoms with E-state index >= 15 is 0 Å². The molecule has 0 amide bonds. The van der Waals surface area contributed by atoms with Gasteiger partial charge in [-0.25, -0.2) is 0 Å². The van der Waals surface area contributed by atoms with Crippen LogP contribution in [-0.2, 0) is 25.5 Å². The summed E-state index contributed by atoms with van der Waals surface area (Å²) in [6.45, 7) is 6.60. The zero-order valence-corrected chi connectivity index (χ0v) is 20.1. The fourth-order valence-electron chi connectivity index (χ4n) is 3.85. The summed E-state index contributed by atoms with van der Waals surface area (Å²) in [4.78, 5) is 25.5. The Morgan fingerprint density at radius 1 is 0.677 bits per heavy atom. The molecular weight excluding hydrogens is 388 g/mol. The van der Waals surface area contributed by atoms with Crippen LogP contribution in [-0.4, -0.2) is 25.2 Å². The number of hydrogen-bond donors (Lipinski definition) is 0. The zero-order chi connectivity index (χ0) is 22.8. The van der Waals surface area contributed by atoms with E-state index in [4.69, 9.17) is 9.47 Å². The fourth-order valence-corrected chi connectivity index (χ4v) is 3.85. The predicted molar refractivity (Wildman–Crippen MR) is 127 cm³/mol. The summed E-state index contributed by atoms with van der Waals surface area (Å²) < 4.78 is 11.0. The number of benzene rings is 1. The van der Waals surface area contributed by atoms with Crippen molar-refractivity contribution < 1.29 is 19.1 Å². The second kappa shape index (κ2) is 16.8. The van der Waals surface area contributed by atoms with E-state index in [9.17, 15) is 9.59 Å². The molecule has 0 fully saturated rings. The number of hydrogen-bond acceptors (Lipinski definition) is 4. The average Bonchev–Trinajstić information content (AvgIpc) is 2.79. The first-order valence-corrected chi connectivity index (χ1v) is 12.5. The topological polar surface area (TPSA) is 52.6 Å². The second-order valence-corrected chi connectivity index (χ2v) is 8.48. The molecule has 0 aliphatic rings. The van der Waals surface area contributed by atoms with Gasteiger partial charge in [-0.15, -0.1) is 0 Å². The molecule has 1 aromatic rings. The average molecular weight is 433 g/mol. The number of esters is 2. The van der Waals surface area contributed by atoms with E-state index in [1.165, 1.54) is 51.4 Å². The monoisotopic (exact) mass is 432 g/mol. The molecule has 0 radical (unpaired) electrons. The smallest absolute Gasteiger partial charge is 0.323 e. The van der Waals surface area contributed by atoms with Gasteiger partial charge in [0.2, 0.25) is 0 Å². The maximum Gasteiger partial charge on any atom is 0.323 e. The van der Waals surface area contributed by atoms with E-state index in [1.807, 2.05) is 44.2 Å². The number of rotatable bonds is 18. The van der Waals surface area contributed by atoms with Crippen LogP contribution in [0.1, 0.15) is 103 Å². The molecule has 0 bridgehead atoms. The van der Waals surface area contributed by atoms with Crippen LogP contribution in [0.5, 0.6) is 0 Å². The Kier molecular flexibility index (Phi) is 14.7. The summed E-state index contributed by atoms with van der Waals surface area (Å²) in [6.07, 6.45) is 13.8. The maximum absolute atomic E-state index is 12.7. The van der Waals surface area contributed by atoms with E-state index < -0.39 is 17.4 Å². The Labute approximate surface area is 190 Å². The van der Waals surface area contributed by atoms with Gasteiger partial charge in [-0.1, -0.05) is 109 Å². The van der Waals surface area contributed by atoms with Crippen LogP contribution < -0.4 is 0 Å². The minimum atomic E-state index is -1.19. The van der Waals surface area contributed by atoms with Crippen LogP contribution in [0.25, 0.3) is 0 Å². The van der Waals surface area contributed by atoms with Crippen molar-refractivity contribution in [3.63, 3.8) is 0 Å². The molecule has 0 N–H and O–H groups in total. The largest absolute Gasteiger partial charge is 0.465 e. The molecule has 1 rings (SSSR count). The third-order valence-corrected chi connectivity index (χ3v) is 6.19. The lowest BCUT2D eigenvalue weighted by atomic mass is 9.82. The highest BCUT2D eigenvalue weighted by molar-refractivity contribution is 6.00. The highest BCUT2D eigenvalue weighted by Crippen LogP contribution is 2.30. The normalized spacial score (nSPS) is 11.3. The standard InChI is InChI=1S/C27H44O4/c1-4-7-8-9-10-11-12-13-14-18-22-30-25(28)27(5-2,6-3)26(29)31-23-21-24-19-16-15-17-20-24/h15-17,19-20H,4-14,18,21-23H2,1-3H3. The van der Waals surface area contributed by atoms with E-state index in [2.05, 4.69) is 6.92 Å². The van der Waals surface area contributed by atoms with Crippen molar-refractivity contribution in [2.45, 2.75) is 104 Å². The highest BCUT2D eigenvalue weighted by Gasteiger charge is 2.45. The first-order chi connectivity index (χ1) is 15.1. The summed E-state index contributed by atoms with van der Waals surface area (Å²) in [7, 11) is 0. The van der Waals surface area contributed by atoms with Gasteiger partial charge < -0.3 is 9.47 Å². The van der Waals surface area contributed by atoms with Crippen LogP contribution >= 0.6 is 0 Å². The molecule has 0 aliphatic carbocycles. The Morgan fingerprint density at radius 3 is 1.68 bits per heavy atom. The third-order valence-electron chi connectivity index (χ3n) is 6.19. The van der Waals surface area contributed by atoms with Gasteiger partial charge in [-0.2, -0.15) is 0 Å². The number of carbonyl (C=O) groups excluding carboxylic acids is 2. The van der Waals surface area contributed by atoms with Gasteiger partial charge in [0.15, 0.2) is 5.41 Å². The minimum Gasteiger partial charge on any atom is -0.465 e. The summed E-state index contributed by atoms with van der Waals surface area (Å²) in [6, 6.07) is 9.89. The van der Waals surface area contributed by atoms with E-state index in [-0.39, 0.29) is 6.61 Å². The first-order valence-electron chi connectivity index (χ1n) is 12.5. The number of unbranched alkanes of at least 4 members (excludes halogenated alkanes) is 9. The summed E-state index contributed by atoms with van der Waals surface area (Å²) in [5.41, 5.74) is -0.0766. The highest BCUT2D eigenvalue weighted by atomic mass is 16.6. The van der Waals surface area contributed by atoms with Crippen LogP contribution in [0.15, 0.2) is 30.3 Å². The van der Waals surface area contributed by atoms with Crippen LogP contribution in [0.4, 0.5) is 0 Å². The first kappa shape index (κ1) is 27.2. The molecule has 0 saturated heterocycles. The lowest BCUT2D eigenvalue weighted by molar-refractivity contribution is -0.173. The Morgan fingerprint density at radius 2 is 1.16 bits per heavy atom. The number of ether oxygens (including phenoxy) is 2. The van der Waals surface area contributed by atoms with Crippen LogP contribution in [0.3, 0.4) is 0 Å². The van der Waals surface area contributed by atoms with Gasteiger partial charge in [0.05, 0.1) is 13.2 Å². The summed E-state index contributed by atoms with van der Waals surface area (Å²) in [5.74, 6) is -0.889. The Balaban J connectivity index is 2.27. The quantitative estimate of drug-likeness (QED) is 0.142. The molecule has 0 aromatic heterocycles. The van der Waals surface area contributed by atoms with Gasteiger partial charge in [0, 0.05) is 6.42 Å². The van der Waals surface area contributed by atoms with Crippen molar-refractivity contribution in [3.8, 4) is 0 Å². The molecular formula is C27H44O4. The van der Waals surface area contributed by atoms with Crippen LogP contribution in [0.2, 0.25) is 0 Å². The van der Waals surface area contributed by atoms with Crippen molar-refractivity contribution in [1.29, 1.82) is 0 Å².